The molecule has 1 aromatic rings. The van der Waals surface area contributed by atoms with Crippen molar-refractivity contribution in [2.24, 2.45) is 0 Å². The number of carbonyl (C=O) groups excluding carboxylic acids is 1. The molecule has 0 bridgehead atoms. The molecule has 2 aliphatic heterocycles. The van der Waals surface area contributed by atoms with Crippen molar-refractivity contribution in [3.63, 3.8) is 0 Å². The molecule has 0 radical (unpaired) electrons. The van der Waals surface area contributed by atoms with Gasteiger partial charge in [0.05, 0.1) is 19.8 Å². The molecule has 1 amide bonds. The summed E-state index contributed by atoms with van der Waals surface area (Å²) in [5, 5.41) is 0. The van der Waals surface area contributed by atoms with Crippen LogP contribution < -0.4 is 10.5 Å². The Kier molecular flexibility index (Phi) is 5.70. The van der Waals surface area contributed by atoms with Gasteiger partial charge in [-0.3, -0.25) is 19.5 Å². The first-order valence-corrected chi connectivity index (χ1v) is 9.01. The summed E-state index contributed by atoms with van der Waals surface area (Å²) in [6, 6.07) is 0. The fourth-order valence-corrected chi connectivity index (χ4v) is 3.38. The van der Waals surface area contributed by atoms with E-state index in [1.165, 1.54) is 0 Å². The number of ether oxygens (including phenoxy) is 1. The third-order valence-electron chi connectivity index (χ3n) is 4.96. The van der Waals surface area contributed by atoms with Crippen LogP contribution in [0.25, 0.3) is 0 Å². The monoisotopic (exact) mass is 349 g/mol. The molecular formula is C17H27N5O3. The second-order valence-corrected chi connectivity index (χ2v) is 6.56. The van der Waals surface area contributed by atoms with Crippen LogP contribution in [0.4, 0.5) is 5.95 Å². The Labute approximate surface area is 147 Å². The van der Waals surface area contributed by atoms with Crippen LogP contribution in [0.2, 0.25) is 0 Å². The third-order valence-corrected chi connectivity index (χ3v) is 4.96. The van der Waals surface area contributed by atoms with Gasteiger partial charge in [0.1, 0.15) is 0 Å². The van der Waals surface area contributed by atoms with Crippen molar-refractivity contribution in [3.05, 3.63) is 21.6 Å². The Bertz CT molecular complexity index is 661. The predicted octanol–water partition coefficient (Wildman–Crippen LogP) is -0.378. The van der Waals surface area contributed by atoms with E-state index in [0.29, 0.717) is 45.2 Å². The van der Waals surface area contributed by atoms with Crippen molar-refractivity contribution >= 4 is 11.9 Å². The number of anilines is 1. The quantitative estimate of drug-likeness (QED) is 0.798. The van der Waals surface area contributed by atoms with Crippen molar-refractivity contribution in [1.29, 1.82) is 0 Å². The minimum atomic E-state index is -0.0464. The summed E-state index contributed by atoms with van der Waals surface area (Å²) >= 11 is 0. The molecule has 3 rings (SSSR count). The number of amides is 1. The summed E-state index contributed by atoms with van der Waals surface area (Å²) in [6.45, 7) is 10.0. The summed E-state index contributed by atoms with van der Waals surface area (Å²) in [6.07, 6.45) is 0.686. The maximum absolute atomic E-state index is 12.3. The smallest absolute Gasteiger partial charge is 0.255 e. The molecule has 0 aromatic carbocycles. The van der Waals surface area contributed by atoms with Crippen molar-refractivity contribution in [1.82, 2.24) is 19.8 Å². The number of H-pyrrole nitrogens is 1. The molecule has 1 aromatic heterocycles. The molecule has 3 heterocycles. The van der Waals surface area contributed by atoms with Crippen LogP contribution in [-0.4, -0.2) is 84.7 Å². The first-order valence-electron chi connectivity index (χ1n) is 9.01. The lowest BCUT2D eigenvalue weighted by Crippen LogP contribution is -2.52. The number of nitrogens with one attached hydrogen (secondary N) is 1. The van der Waals surface area contributed by atoms with E-state index >= 15 is 0 Å². The Morgan fingerprint density at radius 1 is 1.16 bits per heavy atom. The molecule has 138 valence electrons. The van der Waals surface area contributed by atoms with Gasteiger partial charge < -0.3 is 14.5 Å². The van der Waals surface area contributed by atoms with E-state index in [-0.39, 0.29) is 11.5 Å². The topological polar surface area (TPSA) is 81.8 Å². The van der Waals surface area contributed by atoms with Crippen LogP contribution in [0.5, 0.6) is 0 Å². The van der Waals surface area contributed by atoms with Gasteiger partial charge in [0.25, 0.3) is 5.56 Å². The highest BCUT2D eigenvalue weighted by atomic mass is 16.5. The number of hydrogen-bond acceptors (Lipinski definition) is 6. The summed E-state index contributed by atoms with van der Waals surface area (Å²) in [4.78, 5) is 38.0. The van der Waals surface area contributed by atoms with Gasteiger partial charge >= 0.3 is 0 Å². The molecule has 8 heteroatoms. The molecule has 1 N–H and O–H groups in total. The van der Waals surface area contributed by atoms with Crippen molar-refractivity contribution < 1.29 is 9.53 Å². The second kappa shape index (κ2) is 7.97. The van der Waals surface area contributed by atoms with Gasteiger partial charge in [-0.15, -0.1) is 0 Å². The number of aromatic amines is 1. The zero-order valence-electron chi connectivity index (χ0n) is 15.1. The summed E-state index contributed by atoms with van der Waals surface area (Å²) in [5.41, 5.74) is 1.50. The van der Waals surface area contributed by atoms with Crippen LogP contribution >= 0.6 is 0 Å². The van der Waals surface area contributed by atoms with Crippen molar-refractivity contribution in [2.75, 3.05) is 63.9 Å². The lowest BCUT2D eigenvalue weighted by molar-refractivity contribution is -0.136. The van der Waals surface area contributed by atoms with E-state index in [9.17, 15) is 9.59 Å². The molecule has 0 atom stereocenters. The average molecular weight is 349 g/mol. The van der Waals surface area contributed by atoms with Crippen LogP contribution in [0.15, 0.2) is 4.79 Å². The van der Waals surface area contributed by atoms with Gasteiger partial charge in [-0.05, 0) is 13.3 Å². The predicted molar refractivity (Wildman–Crippen MR) is 95.0 cm³/mol. The van der Waals surface area contributed by atoms with Crippen LogP contribution in [-0.2, 0) is 16.0 Å². The van der Waals surface area contributed by atoms with Gasteiger partial charge in [-0.25, -0.2) is 4.98 Å². The minimum absolute atomic E-state index is 0.0464. The SMILES string of the molecule is CCc1c(C)nc(N2CCN(CC(=O)N3CCOCC3)CC2)[nH]c1=O. The van der Waals surface area contributed by atoms with E-state index in [1.54, 1.807) is 0 Å². The summed E-state index contributed by atoms with van der Waals surface area (Å²) in [5.74, 6) is 0.810. The Morgan fingerprint density at radius 3 is 2.44 bits per heavy atom. The van der Waals surface area contributed by atoms with Gasteiger partial charge in [-0.2, -0.15) is 0 Å². The van der Waals surface area contributed by atoms with Gasteiger partial charge in [0, 0.05) is 50.5 Å². The minimum Gasteiger partial charge on any atom is -0.378 e. The Morgan fingerprint density at radius 2 is 1.84 bits per heavy atom. The van der Waals surface area contributed by atoms with Crippen LogP contribution in [0, 0.1) is 6.92 Å². The Balaban J connectivity index is 1.55. The maximum Gasteiger partial charge on any atom is 0.255 e. The number of aryl methyl sites for hydroxylation is 1. The molecular weight excluding hydrogens is 322 g/mol. The number of rotatable bonds is 4. The van der Waals surface area contributed by atoms with E-state index in [2.05, 4.69) is 19.8 Å². The van der Waals surface area contributed by atoms with Crippen LogP contribution in [0.1, 0.15) is 18.2 Å². The highest BCUT2D eigenvalue weighted by Gasteiger charge is 2.24. The molecule has 2 saturated heterocycles. The fourth-order valence-electron chi connectivity index (χ4n) is 3.38. The first-order chi connectivity index (χ1) is 12.1. The number of morpholine rings is 1. The zero-order chi connectivity index (χ0) is 17.8. The maximum atomic E-state index is 12.3. The number of piperazine rings is 1. The largest absolute Gasteiger partial charge is 0.378 e. The summed E-state index contributed by atoms with van der Waals surface area (Å²) < 4.78 is 5.29. The lowest BCUT2D eigenvalue weighted by Gasteiger charge is -2.36. The standard InChI is InChI=1S/C17H27N5O3/c1-3-14-13(2)18-17(19-16(14)24)22-6-4-20(5-7-22)12-15(23)21-8-10-25-11-9-21/h3-12H2,1-2H3,(H,18,19,24). The second-order valence-electron chi connectivity index (χ2n) is 6.56. The number of carbonyl (C=O) groups is 1. The average Bonchev–Trinajstić information content (AvgIpc) is 2.63. The molecule has 2 fully saturated rings. The fraction of sp³-hybridized carbons (Fsp3) is 0.706. The van der Waals surface area contributed by atoms with E-state index in [4.69, 9.17) is 4.74 Å². The lowest BCUT2D eigenvalue weighted by atomic mass is 10.2. The molecule has 25 heavy (non-hydrogen) atoms. The number of nitrogens with zero attached hydrogens (tertiary/aromatic N) is 4. The first kappa shape index (κ1) is 17.9. The van der Waals surface area contributed by atoms with Crippen molar-refractivity contribution in [2.45, 2.75) is 20.3 Å². The zero-order valence-corrected chi connectivity index (χ0v) is 15.1. The highest BCUT2D eigenvalue weighted by Crippen LogP contribution is 2.12. The Hall–Kier alpha value is -1.93. The molecule has 0 saturated carbocycles. The van der Waals surface area contributed by atoms with Crippen molar-refractivity contribution in [3.8, 4) is 0 Å². The van der Waals surface area contributed by atoms with Gasteiger partial charge in [0.2, 0.25) is 11.9 Å². The molecule has 0 spiro atoms. The van der Waals surface area contributed by atoms with E-state index in [1.807, 2.05) is 18.7 Å². The highest BCUT2D eigenvalue weighted by molar-refractivity contribution is 5.78. The van der Waals surface area contributed by atoms with Gasteiger partial charge in [0.15, 0.2) is 0 Å². The molecule has 8 nitrogen and oxygen atoms in total. The van der Waals surface area contributed by atoms with Gasteiger partial charge in [-0.1, -0.05) is 6.92 Å². The van der Waals surface area contributed by atoms with Crippen LogP contribution in [0.3, 0.4) is 0 Å². The normalized spacial score (nSPS) is 19.3. The third kappa shape index (κ3) is 4.19. The molecule has 0 aliphatic carbocycles. The molecule has 2 aliphatic rings. The van der Waals surface area contributed by atoms with E-state index in [0.717, 1.165) is 37.4 Å². The summed E-state index contributed by atoms with van der Waals surface area (Å²) in [7, 11) is 0. The number of hydrogen-bond donors (Lipinski definition) is 1. The number of aromatic nitrogens is 2. The molecule has 0 unspecified atom stereocenters. The van der Waals surface area contributed by atoms with E-state index < -0.39 is 0 Å².